The molecule has 0 saturated carbocycles. The van der Waals surface area contributed by atoms with Gasteiger partial charge >= 0.3 is 0 Å². The standard InChI is InChI=1S/C15H29N3O/c1-3-4-5-6-7-8-12-18-15(9-10-17-18)14-16-11-13-19-2/h9-10,16H,3-8,11-14H2,1-2H3. The van der Waals surface area contributed by atoms with Gasteiger partial charge < -0.3 is 10.1 Å². The highest BCUT2D eigenvalue weighted by Gasteiger charge is 2.01. The molecular weight excluding hydrogens is 238 g/mol. The molecule has 0 unspecified atom stereocenters. The topological polar surface area (TPSA) is 39.1 Å². The van der Waals surface area contributed by atoms with E-state index in [1.807, 2.05) is 6.20 Å². The van der Waals surface area contributed by atoms with Crippen LogP contribution < -0.4 is 5.32 Å². The first-order chi connectivity index (χ1) is 9.38. The fourth-order valence-corrected chi connectivity index (χ4v) is 2.14. The Balaban J connectivity index is 2.13. The van der Waals surface area contributed by atoms with Gasteiger partial charge in [-0.25, -0.2) is 0 Å². The Bertz CT molecular complexity index is 312. The van der Waals surface area contributed by atoms with Crippen LogP contribution in [-0.4, -0.2) is 30.0 Å². The van der Waals surface area contributed by atoms with Gasteiger partial charge in [-0.3, -0.25) is 4.68 Å². The van der Waals surface area contributed by atoms with Crippen molar-refractivity contribution in [2.24, 2.45) is 0 Å². The molecule has 1 N–H and O–H groups in total. The van der Waals surface area contributed by atoms with Crippen molar-refractivity contribution in [2.45, 2.75) is 58.5 Å². The molecule has 0 aliphatic heterocycles. The average Bonchev–Trinajstić information content (AvgIpc) is 2.86. The van der Waals surface area contributed by atoms with Crippen LogP contribution >= 0.6 is 0 Å². The molecule has 1 heterocycles. The van der Waals surface area contributed by atoms with Crippen molar-refractivity contribution < 1.29 is 4.74 Å². The number of hydrogen-bond donors (Lipinski definition) is 1. The lowest BCUT2D eigenvalue weighted by Crippen LogP contribution is -2.20. The van der Waals surface area contributed by atoms with Crippen LogP contribution in [0.2, 0.25) is 0 Å². The molecule has 0 bridgehead atoms. The second-order valence-corrected chi connectivity index (χ2v) is 4.98. The van der Waals surface area contributed by atoms with Crippen LogP contribution in [0.1, 0.15) is 51.1 Å². The Morgan fingerprint density at radius 3 is 2.79 bits per heavy atom. The molecule has 1 aromatic heterocycles. The highest BCUT2D eigenvalue weighted by Crippen LogP contribution is 2.07. The first-order valence-electron chi connectivity index (χ1n) is 7.58. The van der Waals surface area contributed by atoms with Crippen LogP contribution in [0.25, 0.3) is 0 Å². The minimum absolute atomic E-state index is 0.756. The van der Waals surface area contributed by atoms with E-state index < -0.39 is 0 Å². The number of nitrogens with one attached hydrogen (secondary N) is 1. The first kappa shape index (κ1) is 16.2. The summed E-state index contributed by atoms with van der Waals surface area (Å²) in [5, 5.41) is 7.76. The molecule has 4 heteroatoms. The third kappa shape index (κ3) is 7.33. The maximum Gasteiger partial charge on any atom is 0.0587 e. The van der Waals surface area contributed by atoms with E-state index in [4.69, 9.17) is 4.74 Å². The molecule has 0 aliphatic rings. The van der Waals surface area contributed by atoms with E-state index in [1.165, 1.54) is 44.2 Å². The first-order valence-corrected chi connectivity index (χ1v) is 7.58. The normalized spacial score (nSPS) is 11.1. The van der Waals surface area contributed by atoms with Crippen LogP contribution in [0.5, 0.6) is 0 Å². The monoisotopic (exact) mass is 267 g/mol. The summed E-state index contributed by atoms with van der Waals surface area (Å²) in [5.74, 6) is 0. The zero-order valence-corrected chi connectivity index (χ0v) is 12.5. The highest BCUT2D eigenvalue weighted by molar-refractivity contribution is 4.99. The molecular formula is C15H29N3O. The number of aromatic nitrogens is 2. The van der Waals surface area contributed by atoms with Gasteiger partial charge in [0.2, 0.25) is 0 Å². The van der Waals surface area contributed by atoms with Crippen molar-refractivity contribution >= 4 is 0 Å². The van der Waals surface area contributed by atoms with Crippen LogP contribution in [0, 0.1) is 0 Å². The lowest BCUT2D eigenvalue weighted by Gasteiger charge is -2.08. The molecule has 0 radical (unpaired) electrons. The fourth-order valence-electron chi connectivity index (χ4n) is 2.14. The highest BCUT2D eigenvalue weighted by atomic mass is 16.5. The van der Waals surface area contributed by atoms with Gasteiger partial charge in [0.25, 0.3) is 0 Å². The Hall–Kier alpha value is -0.870. The number of hydrogen-bond acceptors (Lipinski definition) is 3. The molecule has 4 nitrogen and oxygen atoms in total. The van der Waals surface area contributed by atoms with Crippen molar-refractivity contribution in [3.8, 4) is 0 Å². The van der Waals surface area contributed by atoms with Crippen molar-refractivity contribution in [1.82, 2.24) is 15.1 Å². The SMILES string of the molecule is CCCCCCCCn1nccc1CNCCOC. The second kappa shape index (κ2) is 11.0. The Morgan fingerprint density at radius 1 is 1.21 bits per heavy atom. The summed E-state index contributed by atoms with van der Waals surface area (Å²) in [4.78, 5) is 0. The summed E-state index contributed by atoms with van der Waals surface area (Å²) in [6.45, 7) is 5.82. The second-order valence-electron chi connectivity index (χ2n) is 4.98. The molecule has 0 atom stereocenters. The van der Waals surface area contributed by atoms with Gasteiger partial charge in [0, 0.05) is 32.9 Å². The number of unbranched alkanes of at least 4 members (excludes halogenated alkanes) is 5. The smallest absolute Gasteiger partial charge is 0.0587 e. The van der Waals surface area contributed by atoms with Gasteiger partial charge in [0.15, 0.2) is 0 Å². The zero-order valence-electron chi connectivity index (χ0n) is 12.5. The predicted molar refractivity (Wildman–Crippen MR) is 79.2 cm³/mol. The number of methoxy groups -OCH3 is 1. The van der Waals surface area contributed by atoms with Crippen molar-refractivity contribution in [3.05, 3.63) is 18.0 Å². The predicted octanol–water partition coefficient (Wildman–Crippen LogP) is 2.98. The summed E-state index contributed by atoms with van der Waals surface area (Å²) in [5.41, 5.74) is 1.27. The summed E-state index contributed by atoms with van der Waals surface area (Å²) in [7, 11) is 1.73. The summed E-state index contributed by atoms with van der Waals surface area (Å²) in [6, 6.07) is 2.09. The third-order valence-corrected chi connectivity index (χ3v) is 3.32. The maximum atomic E-state index is 5.02. The van der Waals surface area contributed by atoms with Crippen molar-refractivity contribution in [3.63, 3.8) is 0 Å². The molecule has 0 fully saturated rings. The Labute approximate surface area is 117 Å². The summed E-state index contributed by atoms with van der Waals surface area (Å²) in [6.07, 6.45) is 9.86. The zero-order chi connectivity index (χ0) is 13.8. The molecule has 110 valence electrons. The number of nitrogens with zero attached hydrogens (tertiary/aromatic N) is 2. The molecule has 19 heavy (non-hydrogen) atoms. The molecule has 1 aromatic rings. The van der Waals surface area contributed by atoms with Gasteiger partial charge in [0.05, 0.1) is 12.3 Å². The fraction of sp³-hybridized carbons (Fsp3) is 0.800. The van der Waals surface area contributed by atoms with E-state index in [1.54, 1.807) is 7.11 Å². The van der Waals surface area contributed by atoms with Gasteiger partial charge in [-0.15, -0.1) is 0 Å². The molecule has 0 aliphatic carbocycles. The summed E-state index contributed by atoms with van der Waals surface area (Å²) >= 11 is 0. The third-order valence-electron chi connectivity index (χ3n) is 3.32. The van der Waals surface area contributed by atoms with Crippen LogP contribution in [0.4, 0.5) is 0 Å². The van der Waals surface area contributed by atoms with Crippen LogP contribution in [0.3, 0.4) is 0 Å². The maximum absolute atomic E-state index is 5.02. The number of rotatable bonds is 12. The molecule has 0 spiro atoms. The molecule has 0 aromatic carbocycles. The van der Waals surface area contributed by atoms with Crippen LogP contribution in [0.15, 0.2) is 12.3 Å². The van der Waals surface area contributed by atoms with E-state index in [0.717, 1.165) is 26.2 Å². The number of aryl methyl sites for hydroxylation is 1. The lowest BCUT2D eigenvalue weighted by molar-refractivity contribution is 0.199. The quantitative estimate of drug-likeness (QED) is 0.592. The van der Waals surface area contributed by atoms with E-state index >= 15 is 0 Å². The molecule has 0 amide bonds. The van der Waals surface area contributed by atoms with Crippen molar-refractivity contribution in [1.29, 1.82) is 0 Å². The Morgan fingerprint density at radius 2 is 2.00 bits per heavy atom. The van der Waals surface area contributed by atoms with E-state index in [2.05, 4.69) is 28.1 Å². The van der Waals surface area contributed by atoms with Crippen LogP contribution in [-0.2, 0) is 17.8 Å². The number of ether oxygens (including phenoxy) is 1. The molecule has 0 saturated heterocycles. The largest absolute Gasteiger partial charge is 0.383 e. The minimum atomic E-state index is 0.756. The molecule has 1 rings (SSSR count). The van der Waals surface area contributed by atoms with Gasteiger partial charge in [-0.2, -0.15) is 5.10 Å². The van der Waals surface area contributed by atoms with Crippen molar-refractivity contribution in [2.75, 3.05) is 20.3 Å². The van der Waals surface area contributed by atoms with E-state index in [9.17, 15) is 0 Å². The van der Waals surface area contributed by atoms with Gasteiger partial charge in [-0.05, 0) is 12.5 Å². The minimum Gasteiger partial charge on any atom is -0.383 e. The summed E-state index contributed by atoms with van der Waals surface area (Å²) < 4.78 is 7.14. The van der Waals surface area contributed by atoms with E-state index in [-0.39, 0.29) is 0 Å². The van der Waals surface area contributed by atoms with E-state index in [0.29, 0.717) is 0 Å². The average molecular weight is 267 g/mol. The Kier molecular flexibility index (Phi) is 9.37. The van der Waals surface area contributed by atoms with Gasteiger partial charge in [-0.1, -0.05) is 39.0 Å². The lowest BCUT2D eigenvalue weighted by atomic mass is 10.1. The van der Waals surface area contributed by atoms with Gasteiger partial charge in [0.1, 0.15) is 0 Å².